The molecule has 2 aliphatic rings. The fourth-order valence-electron chi connectivity index (χ4n) is 6.07. The van der Waals surface area contributed by atoms with E-state index >= 15 is 0 Å². The van der Waals surface area contributed by atoms with Gasteiger partial charge in [0.15, 0.2) is 24.6 Å². The lowest BCUT2D eigenvalue weighted by Gasteiger charge is -2.44. The van der Waals surface area contributed by atoms with E-state index in [4.69, 9.17) is 33.4 Å². The number of hydrogen-bond donors (Lipinski definition) is 0. The second-order valence-electron chi connectivity index (χ2n) is 11.9. The van der Waals surface area contributed by atoms with Gasteiger partial charge in [0.2, 0.25) is 5.91 Å². The normalized spacial score (nSPS) is 23.8. The molecule has 0 unspecified atom stereocenters. The van der Waals surface area contributed by atoms with Gasteiger partial charge in [0, 0.05) is 47.4 Å². The molecule has 4 rings (SSSR count). The van der Waals surface area contributed by atoms with Crippen LogP contribution in [0.1, 0.15) is 70.7 Å². The highest BCUT2D eigenvalue weighted by molar-refractivity contribution is 7.18. The number of carbonyl (C=O) groups excluding carboxylic acids is 5. The minimum absolute atomic E-state index is 0.0270. The summed E-state index contributed by atoms with van der Waals surface area (Å²) < 4.78 is 34.6. The third-order valence-corrected chi connectivity index (χ3v) is 9.27. The Morgan fingerprint density at radius 2 is 1.58 bits per heavy atom. The van der Waals surface area contributed by atoms with Crippen LogP contribution in [0.2, 0.25) is 0 Å². The summed E-state index contributed by atoms with van der Waals surface area (Å²) in [5.41, 5.74) is 0.837. The summed E-state index contributed by atoms with van der Waals surface area (Å²) in [5.74, 6) is -3.53. The first-order valence-electron chi connectivity index (χ1n) is 16.2. The molecule has 3 heterocycles. The standard InChI is InChI=1S/C34H44N2O11S/c1-6-24(28(33(41)36-16-10-7-11-17-36)32-35-25-14-8-9-15-27(25)48-32)13-12-18-42-34-31(46-23(5)40)30(45-22(4)39)29(44-21(3)38)26(47-34)19-43-20(2)37/h6,8-9,14-15,24,26,28-31,34H,1,7,10-13,16-19H2,2-5H3/t24-,26-,28+,29+,30+,31-,34-/m1/s1. The Bertz CT molecular complexity index is 1420. The Labute approximate surface area is 283 Å². The lowest BCUT2D eigenvalue weighted by atomic mass is 9.87. The molecule has 0 aliphatic carbocycles. The molecular formula is C34H44N2O11S. The Balaban J connectivity index is 1.53. The molecule has 2 aromatic rings. The number of hydrogen-bond acceptors (Lipinski definition) is 13. The number of likely N-dealkylation sites (tertiary alicyclic amines) is 1. The van der Waals surface area contributed by atoms with Gasteiger partial charge in [-0.05, 0) is 50.2 Å². The minimum Gasteiger partial charge on any atom is -0.463 e. The van der Waals surface area contributed by atoms with Crippen LogP contribution in [0.15, 0.2) is 36.9 Å². The van der Waals surface area contributed by atoms with Crippen LogP contribution in [0, 0.1) is 5.92 Å². The van der Waals surface area contributed by atoms with Crippen LogP contribution in [0.25, 0.3) is 10.2 Å². The summed E-state index contributed by atoms with van der Waals surface area (Å²) in [7, 11) is 0. The molecule has 48 heavy (non-hydrogen) atoms. The van der Waals surface area contributed by atoms with E-state index in [0.717, 1.165) is 48.3 Å². The van der Waals surface area contributed by atoms with Gasteiger partial charge in [-0.25, -0.2) is 4.98 Å². The summed E-state index contributed by atoms with van der Waals surface area (Å²) in [5, 5.41) is 0.733. The molecule has 262 valence electrons. The van der Waals surface area contributed by atoms with Gasteiger partial charge in [0.05, 0.1) is 16.1 Å². The first-order valence-corrected chi connectivity index (χ1v) is 17.0. The average Bonchev–Trinajstić information content (AvgIpc) is 3.47. The summed E-state index contributed by atoms with van der Waals surface area (Å²) in [4.78, 5) is 68.6. The van der Waals surface area contributed by atoms with Gasteiger partial charge in [0.25, 0.3) is 0 Å². The molecule has 2 fully saturated rings. The minimum atomic E-state index is -1.32. The number of aromatic nitrogens is 1. The summed E-state index contributed by atoms with van der Waals surface area (Å²) >= 11 is 1.51. The number of rotatable bonds is 14. The van der Waals surface area contributed by atoms with E-state index in [2.05, 4.69) is 6.58 Å². The van der Waals surface area contributed by atoms with Crippen molar-refractivity contribution in [2.75, 3.05) is 26.3 Å². The van der Waals surface area contributed by atoms with Crippen LogP contribution in [-0.2, 0) is 52.4 Å². The number of ether oxygens (including phenoxy) is 6. The smallest absolute Gasteiger partial charge is 0.303 e. The lowest BCUT2D eigenvalue weighted by molar-refractivity contribution is -0.308. The van der Waals surface area contributed by atoms with Crippen LogP contribution in [-0.4, -0.2) is 96.7 Å². The molecule has 1 amide bonds. The molecule has 1 aromatic carbocycles. The predicted octanol–water partition coefficient (Wildman–Crippen LogP) is 4.07. The molecule has 0 bridgehead atoms. The monoisotopic (exact) mass is 688 g/mol. The molecule has 1 aromatic heterocycles. The van der Waals surface area contributed by atoms with Gasteiger partial charge in [-0.15, -0.1) is 17.9 Å². The molecule has 7 atom stereocenters. The summed E-state index contributed by atoms with van der Waals surface area (Å²) in [6.45, 7) is 9.90. The fraction of sp³-hybridized carbons (Fsp3) is 0.588. The lowest BCUT2D eigenvalue weighted by Crippen LogP contribution is -2.63. The van der Waals surface area contributed by atoms with E-state index in [1.807, 2.05) is 29.2 Å². The summed E-state index contributed by atoms with van der Waals surface area (Å²) in [6.07, 6.45) is -0.528. The number of carbonyl (C=O) groups is 5. The molecule has 13 nitrogen and oxygen atoms in total. The quantitative estimate of drug-likeness (QED) is 0.122. The van der Waals surface area contributed by atoms with Gasteiger partial charge >= 0.3 is 23.9 Å². The van der Waals surface area contributed by atoms with E-state index in [1.54, 1.807) is 6.08 Å². The van der Waals surface area contributed by atoms with Crippen molar-refractivity contribution in [3.8, 4) is 0 Å². The largest absolute Gasteiger partial charge is 0.463 e. The first-order chi connectivity index (χ1) is 23.0. The Morgan fingerprint density at radius 1 is 0.938 bits per heavy atom. The van der Waals surface area contributed by atoms with E-state index in [1.165, 1.54) is 25.2 Å². The third-order valence-electron chi connectivity index (χ3n) is 8.15. The van der Waals surface area contributed by atoms with Crippen molar-refractivity contribution in [2.45, 2.75) is 96.4 Å². The van der Waals surface area contributed by atoms with E-state index in [0.29, 0.717) is 25.9 Å². The number of nitrogens with zero attached hydrogens (tertiary/aromatic N) is 2. The number of allylic oxidation sites excluding steroid dienone is 1. The van der Waals surface area contributed by atoms with E-state index in [9.17, 15) is 24.0 Å². The van der Waals surface area contributed by atoms with E-state index < -0.39 is 60.5 Å². The molecule has 0 N–H and O–H groups in total. The molecule has 0 spiro atoms. The number of thiazole rings is 1. The Kier molecular flexibility index (Phi) is 13.5. The third kappa shape index (κ3) is 9.83. The number of fused-ring (bicyclic) bond motifs is 1. The number of piperidine rings is 1. The van der Waals surface area contributed by atoms with Crippen LogP contribution in [0.4, 0.5) is 0 Å². The molecule has 2 saturated heterocycles. The zero-order chi connectivity index (χ0) is 34.8. The van der Waals surface area contributed by atoms with E-state index in [-0.39, 0.29) is 25.0 Å². The number of esters is 4. The zero-order valence-electron chi connectivity index (χ0n) is 27.8. The van der Waals surface area contributed by atoms with Crippen molar-refractivity contribution >= 4 is 51.3 Å². The van der Waals surface area contributed by atoms with Crippen LogP contribution < -0.4 is 0 Å². The van der Waals surface area contributed by atoms with Crippen molar-refractivity contribution in [3.63, 3.8) is 0 Å². The van der Waals surface area contributed by atoms with Crippen molar-refractivity contribution in [3.05, 3.63) is 41.9 Å². The molecule has 0 radical (unpaired) electrons. The van der Waals surface area contributed by atoms with Crippen LogP contribution in [0.5, 0.6) is 0 Å². The zero-order valence-corrected chi connectivity index (χ0v) is 28.6. The highest BCUT2D eigenvalue weighted by Gasteiger charge is 2.52. The average molecular weight is 689 g/mol. The number of benzene rings is 1. The van der Waals surface area contributed by atoms with Gasteiger partial charge in [0.1, 0.15) is 17.7 Å². The van der Waals surface area contributed by atoms with Gasteiger partial charge < -0.3 is 33.3 Å². The van der Waals surface area contributed by atoms with Crippen LogP contribution in [0.3, 0.4) is 0 Å². The molecule has 14 heteroatoms. The topological polar surface area (TPSA) is 157 Å². The van der Waals surface area contributed by atoms with Crippen molar-refractivity contribution in [1.82, 2.24) is 9.88 Å². The van der Waals surface area contributed by atoms with Crippen molar-refractivity contribution < 1.29 is 52.4 Å². The van der Waals surface area contributed by atoms with Gasteiger partial charge in [-0.1, -0.05) is 18.2 Å². The van der Waals surface area contributed by atoms with Crippen LogP contribution >= 0.6 is 11.3 Å². The van der Waals surface area contributed by atoms with Gasteiger partial charge in [-0.3, -0.25) is 24.0 Å². The number of amides is 1. The maximum absolute atomic E-state index is 14.0. The molecular weight excluding hydrogens is 644 g/mol. The molecule has 2 aliphatic heterocycles. The highest BCUT2D eigenvalue weighted by atomic mass is 32.1. The maximum atomic E-state index is 14.0. The second-order valence-corrected chi connectivity index (χ2v) is 12.9. The van der Waals surface area contributed by atoms with Crippen molar-refractivity contribution in [2.24, 2.45) is 5.92 Å². The first kappa shape index (κ1) is 36.9. The highest BCUT2D eigenvalue weighted by Crippen LogP contribution is 2.37. The van der Waals surface area contributed by atoms with Gasteiger partial charge in [-0.2, -0.15) is 0 Å². The fourth-order valence-corrected chi connectivity index (χ4v) is 7.20. The Morgan fingerprint density at radius 3 is 2.21 bits per heavy atom. The SMILES string of the molecule is C=C[C@H](CCCO[C@@H]1O[C@H](COC(C)=O)[C@H](OC(C)=O)[C@H](OC(C)=O)[C@H]1OC(C)=O)[C@H](C(=O)N1CCCCC1)c1nc2ccccc2s1. The maximum Gasteiger partial charge on any atom is 0.303 e. The summed E-state index contributed by atoms with van der Waals surface area (Å²) in [6, 6.07) is 7.79. The van der Waals surface area contributed by atoms with Crippen molar-refractivity contribution in [1.29, 1.82) is 0 Å². The predicted molar refractivity (Wildman–Crippen MR) is 174 cm³/mol. The molecule has 0 saturated carbocycles. The second kappa shape index (κ2) is 17.5. The number of para-hydroxylation sites is 1. The Hall–Kier alpha value is -3.88.